The van der Waals surface area contributed by atoms with Crippen molar-refractivity contribution < 1.29 is 9.47 Å². The molecular formula is C20H23NO2. The fourth-order valence-electron chi connectivity index (χ4n) is 2.95. The second kappa shape index (κ2) is 7.34. The fourth-order valence-corrected chi connectivity index (χ4v) is 2.95. The van der Waals surface area contributed by atoms with Crippen LogP contribution in [-0.2, 0) is 6.54 Å². The van der Waals surface area contributed by atoms with Gasteiger partial charge in [0.15, 0.2) is 0 Å². The molecule has 1 aliphatic heterocycles. The van der Waals surface area contributed by atoms with Crippen LogP contribution < -0.4 is 9.47 Å². The van der Waals surface area contributed by atoms with Gasteiger partial charge in [-0.25, -0.2) is 0 Å². The Labute approximate surface area is 138 Å². The Bertz CT molecular complexity index is 657. The number of benzene rings is 2. The minimum absolute atomic E-state index is 0.840. The summed E-state index contributed by atoms with van der Waals surface area (Å²) in [6, 6.07) is 16.7. The first kappa shape index (κ1) is 15.6. The monoisotopic (exact) mass is 309 g/mol. The summed E-state index contributed by atoms with van der Waals surface area (Å²) in [5, 5.41) is 0. The number of methoxy groups -OCH3 is 2. The standard InChI is InChI=1S/C20H23NO2/c1-22-19-12-18(13-20(14-19)23-2)17-8-10-21(11-9-17)15-16-6-4-3-5-7-16/h3-8,12-14H,9-11,15H2,1-2H3. The Kier molecular flexibility index (Phi) is 4.99. The minimum atomic E-state index is 0.840. The lowest BCUT2D eigenvalue weighted by Gasteiger charge is -2.26. The van der Waals surface area contributed by atoms with Crippen LogP contribution in [0.1, 0.15) is 17.5 Å². The van der Waals surface area contributed by atoms with Crippen LogP contribution in [-0.4, -0.2) is 32.2 Å². The van der Waals surface area contributed by atoms with Crippen LogP contribution in [0.15, 0.2) is 54.6 Å². The van der Waals surface area contributed by atoms with Crippen molar-refractivity contribution in [3.63, 3.8) is 0 Å². The van der Waals surface area contributed by atoms with Crippen LogP contribution in [0.25, 0.3) is 5.57 Å². The van der Waals surface area contributed by atoms with Crippen molar-refractivity contribution in [3.8, 4) is 11.5 Å². The van der Waals surface area contributed by atoms with Gasteiger partial charge < -0.3 is 9.47 Å². The predicted molar refractivity (Wildman–Crippen MR) is 93.9 cm³/mol. The van der Waals surface area contributed by atoms with Crippen molar-refractivity contribution in [2.45, 2.75) is 13.0 Å². The highest BCUT2D eigenvalue weighted by molar-refractivity contribution is 5.69. The Morgan fingerprint density at radius 2 is 1.65 bits per heavy atom. The number of rotatable bonds is 5. The van der Waals surface area contributed by atoms with Crippen LogP contribution >= 0.6 is 0 Å². The maximum absolute atomic E-state index is 5.37. The molecule has 3 rings (SSSR count). The highest BCUT2D eigenvalue weighted by Crippen LogP contribution is 2.30. The summed E-state index contributed by atoms with van der Waals surface area (Å²) in [4.78, 5) is 2.47. The van der Waals surface area contributed by atoms with Crippen LogP contribution in [0.2, 0.25) is 0 Å². The number of hydrogen-bond donors (Lipinski definition) is 0. The van der Waals surface area contributed by atoms with Crippen molar-refractivity contribution in [2.75, 3.05) is 27.3 Å². The Morgan fingerprint density at radius 1 is 0.957 bits per heavy atom. The molecule has 1 heterocycles. The molecule has 120 valence electrons. The zero-order valence-corrected chi connectivity index (χ0v) is 13.8. The van der Waals surface area contributed by atoms with Crippen molar-refractivity contribution in [2.24, 2.45) is 0 Å². The summed E-state index contributed by atoms with van der Waals surface area (Å²) in [6.45, 7) is 3.05. The first-order chi connectivity index (χ1) is 11.3. The van der Waals surface area contributed by atoms with E-state index >= 15 is 0 Å². The molecule has 2 aromatic carbocycles. The van der Waals surface area contributed by atoms with Gasteiger partial charge in [0, 0.05) is 25.7 Å². The molecule has 0 atom stereocenters. The summed E-state index contributed by atoms with van der Waals surface area (Å²) in [5.41, 5.74) is 3.93. The molecule has 0 N–H and O–H groups in total. The number of ether oxygens (including phenoxy) is 2. The third-order valence-corrected chi connectivity index (χ3v) is 4.26. The highest BCUT2D eigenvalue weighted by atomic mass is 16.5. The second-order valence-corrected chi connectivity index (χ2v) is 5.80. The summed E-state index contributed by atoms with van der Waals surface area (Å²) in [5.74, 6) is 1.68. The first-order valence-electron chi connectivity index (χ1n) is 7.97. The molecule has 2 aromatic rings. The molecule has 0 fully saturated rings. The van der Waals surface area contributed by atoms with Crippen molar-refractivity contribution in [1.82, 2.24) is 4.90 Å². The maximum Gasteiger partial charge on any atom is 0.123 e. The van der Waals surface area contributed by atoms with Gasteiger partial charge in [-0.15, -0.1) is 0 Å². The molecular weight excluding hydrogens is 286 g/mol. The van der Waals surface area contributed by atoms with Crippen molar-refractivity contribution in [3.05, 3.63) is 65.7 Å². The molecule has 3 heteroatoms. The second-order valence-electron chi connectivity index (χ2n) is 5.80. The van der Waals surface area contributed by atoms with E-state index in [4.69, 9.17) is 9.47 Å². The lowest BCUT2D eigenvalue weighted by Crippen LogP contribution is -2.27. The van der Waals surface area contributed by atoms with E-state index in [9.17, 15) is 0 Å². The molecule has 0 saturated carbocycles. The van der Waals surface area contributed by atoms with Crippen LogP contribution in [0, 0.1) is 0 Å². The van der Waals surface area contributed by atoms with Gasteiger partial charge in [-0.05, 0) is 35.3 Å². The summed E-state index contributed by atoms with van der Waals surface area (Å²) < 4.78 is 10.7. The average Bonchev–Trinajstić information content (AvgIpc) is 2.62. The highest BCUT2D eigenvalue weighted by Gasteiger charge is 2.14. The van der Waals surface area contributed by atoms with E-state index in [-0.39, 0.29) is 0 Å². The molecule has 0 aromatic heterocycles. The molecule has 0 amide bonds. The zero-order chi connectivity index (χ0) is 16.1. The molecule has 0 saturated heterocycles. The maximum atomic E-state index is 5.37. The average molecular weight is 309 g/mol. The third kappa shape index (κ3) is 3.93. The van der Waals surface area contributed by atoms with E-state index in [0.29, 0.717) is 0 Å². The van der Waals surface area contributed by atoms with E-state index in [2.05, 4.69) is 53.4 Å². The normalized spacial score (nSPS) is 15.1. The Hall–Kier alpha value is -2.26. The molecule has 0 spiro atoms. The predicted octanol–water partition coefficient (Wildman–Crippen LogP) is 3.99. The van der Waals surface area contributed by atoms with E-state index in [1.807, 2.05) is 6.07 Å². The third-order valence-electron chi connectivity index (χ3n) is 4.26. The molecule has 3 nitrogen and oxygen atoms in total. The van der Waals surface area contributed by atoms with Crippen LogP contribution in [0.5, 0.6) is 11.5 Å². The molecule has 0 bridgehead atoms. The summed E-state index contributed by atoms with van der Waals surface area (Å²) in [6.07, 6.45) is 3.36. The SMILES string of the molecule is COc1cc(OC)cc(C2=CCN(Cc3ccccc3)CC2)c1. The van der Waals surface area contributed by atoms with E-state index in [1.165, 1.54) is 16.7 Å². The zero-order valence-electron chi connectivity index (χ0n) is 13.8. The van der Waals surface area contributed by atoms with Gasteiger partial charge in [0.05, 0.1) is 14.2 Å². The van der Waals surface area contributed by atoms with Gasteiger partial charge in [-0.1, -0.05) is 36.4 Å². The Balaban J connectivity index is 1.71. The van der Waals surface area contributed by atoms with Crippen LogP contribution in [0.4, 0.5) is 0 Å². The van der Waals surface area contributed by atoms with Gasteiger partial charge >= 0.3 is 0 Å². The van der Waals surface area contributed by atoms with Gasteiger partial charge in [0.25, 0.3) is 0 Å². The summed E-state index contributed by atoms with van der Waals surface area (Å²) in [7, 11) is 3.38. The smallest absolute Gasteiger partial charge is 0.123 e. The quantitative estimate of drug-likeness (QED) is 0.833. The lowest BCUT2D eigenvalue weighted by atomic mass is 9.98. The fraction of sp³-hybridized carbons (Fsp3) is 0.300. The molecule has 1 aliphatic rings. The minimum Gasteiger partial charge on any atom is -0.497 e. The van der Waals surface area contributed by atoms with E-state index in [0.717, 1.165) is 37.6 Å². The number of nitrogens with zero attached hydrogens (tertiary/aromatic N) is 1. The molecule has 0 unspecified atom stereocenters. The van der Waals surface area contributed by atoms with Gasteiger partial charge in [-0.2, -0.15) is 0 Å². The van der Waals surface area contributed by atoms with Gasteiger partial charge in [0.2, 0.25) is 0 Å². The largest absolute Gasteiger partial charge is 0.497 e. The summed E-state index contributed by atoms with van der Waals surface area (Å²) >= 11 is 0. The lowest BCUT2D eigenvalue weighted by molar-refractivity contribution is 0.294. The van der Waals surface area contributed by atoms with Gasteiger partial charge in [-0.3, -0.25) is 4.90 Å². The van der Waals surface area contributed by atoms with E-state index < -0.39 is 0 Å². The van der Waals surface area contributed by atoms with Crippen molar-refractivity contribution >= 4 is 5.57 Å². The van der Waals surface area contributed by atoms with Crippen molar-refractivity contribution in [1.29, 1.82) is 0 Å². The molecule has 0 radical (unpaired) electrons. The molecule has 0 aliphatic carbocycles. The molecule has 23 heavy (non-hydrogen) atoms. The first-order valence-corrected chi connectivity index (χ1v) is 7.97. The van der Waals surface area contributed by atoms with Crippen LogP contribution in [0.3, 0.4) is 0 Å². The number of hydrogen-bond acceptors (Lipinski definition) is 3. The van der Waals surface area contributed by atoms with E-state index in [1.54, 1.807) is 14.2 Å². The Morgan fingerprint density at radius 3 is 2.22 bits per heavy atom. The van der Waals surface area contributed by atoms with Gasteiger partial charge in [0.1, 0.15) is 11.5 Å². The topological polar surface area (TPSA) is 21.7 Å².